The van der Waals surface area contributed by atoms with Crippen molar-refractivity contribution in [1.82, 2.24) is 4.57 Å². The van der Waals surface area contributed by atoms with Crippen molar-refractivity contribution in [3.8, 4) is 0 Å². The fourth-order valence-electron chi connectivity index (χ4n) is 5.53. The smallest absolute Gasteiger partial charge is 0.332 e. The van der Waals surface area contributed by atoms with Crippen LogP contribution in [-0.2, 0) is 11.3 Å². The van der Waals surface area contributed by atoms with E-state index in [0.29, 0.717) is 17.8 Å². The maximum absolute atomic E-state index is 13.0. The summed E-state index contributed by atoms with van der Waals surface area (Å²) in [6, 6.07) is 1.17. The van der Waals surface area contributed by atoms with Crippen molar-refractivity contribution >= 4 is 11.5 Å². The lowest BCUT2D eigenvalue weighted by molar-refractivity contribution is -0.386. The lowest BCUT2D eigenvalue weighted by atomic mass is 9.48. The number of ketones is 1. The molecule has 4 fully saturated rings. The molecule has 0 aliphatic heterocycles. The number of Topliss-reactive ketones (excluding diaryl/α,β-unsaturated/α-hetero) is 1. The molecule has 4 saturated carbocycles. The quantitative estimate of drug-likeness (QED) is 0.631. The third-order valence-electron chi connectivity index (χ3n) is 6.11. The molecule has 5 rings (SSSR count). The van der Waals surface area contributed by atoms with E-state index in [1.165, 1.54) is 42.3 Å². The van der Waals surface area contributed by atoms with Gasteiger partial charge in [0.1, 0.15) is 0 Å². The summed E-state index contributed by atoms with van der Waals surface area (Å²) >= 11 is 0. The van der Waals surface area contributed by atoms with Gasteiger partial charge in [0.2, 0.25) is 0 Å². The van der Waals surface area contributed by atoms with E-state index in [1.54, 1.807) is 0 Å². The summed E-state index contributed by atoms with van der Waals surface area (Å²) in [5, 5.41) is 10.9. The van der Waals surface area contributed by atoms with Crippen LogP contribution in [0.25, 0.3) is 0 Å². The lowest BCUT2D eigenvalue weighted by Crippen LogP contribution is -2.50. The number of rotatable bonds is 4. The van der Waals surface area contributed by atoms with E-state index in [4.69, 9.17) is 0 Å². The monoisotopic (exact) mass is 316 g/mol. The molecule has 4 aliphatic carbocycles. The van der Waals surface area contributed by atoms with Crippen LogP contribution in [0.1, 0.15) is 38.5 Å². The topological polar surface area (TPSA) is 82.2 Å². The number of carbonyl (C=O) groups is 1. The summed E-state index contributed by atoms with van der Waals surface area (Å²) in [6.45, 7) is 0.132. The molecule has 0 amide bonds. The molecular formula is C17H20N2O4. The number of hydrogen-bond donors (Lipinski definition) is 0. The molecule has 4 aliphatic rings. The van der Waals surface area contributed by atoms with Crippen molar-refractivity contribution in [3.05, 3.63) is 38.8 Å². The molecule has 0 N–H and O–H groups in total. The second-order valence-corrected chi connectivity index (χ2v) is 7.74. The molecule has 1 heterocycles. The van der Waals surface area contributed by atoms with Crippen LogP contribution in [-0.4, -0.2) is 15.3 Å². The van der Waals surface area contributed by atoms with Gasteiger partial charge in [0.25, 0.3) is 5.43 Å². The predicted molar refractivity (Wildman–Crippen MR) is 83.0 cm³/mol. The normalized spacial score (nSPS) is 34.5. The largest absolute Gasteiger partial charge is 0.341 e. The third-order valence-corrected chi connectivity index (χ3v) is 6.11. The van der Waals surface area contributed by atoms with E-state index in [-0.39, 0.29) is 17.7 Å². The summed E-state index contributed by atoms with van der Waals surface area (Å²) in [7, 11) is 0. The fraction of sp³-hybridized carbons (Fsp3) is 0.647. The number of hydrogen-bond acceptors (Lipinski definition) is 4. The van der Waals surface area contributed by atoms with E-state index in [9.17, 15) is 19.7 Å². The first-order valence-electron chi connectivity index (χ1n) is 8.33. The van der Waals surface area contributed by atoms with Gasteiger partial charge in [-0.1, -0.05) is 0 Å². The fourth-order valence-corrected chi connectivity index (χ4v) is 5.53. The highest BCUT2D eigenvalue weighted by Crippen LogP contribution is 2.60. The second kappa shape index (κ2) is 5.01. The standard InChI is InChI=1S/C17H20N2O4/c20-15-1-2-18(9-14(15)19(22)23)10-16(21)17-6-11-3-12(7-17)5-13(4-11)8-17/h1-2,9,11-13H,3-8,10H2. The minimum Gasteiger partial charge on any atom is -0.341 e. The molecule has 1 aromatic heterocycles. The maximum atomic E-state index is 13.0. The van der Waals surface area contributed by atoms with Crippen LogP contribution in [0.15, 0.2) is 23.3 Å². The highest BCUT2D eigenvalue weighted by Gasteiger charge is 2.54. The van der Waals surface area contributed by atoms with E-state index < -0.39 is 16.0 Å². The average molecular weight is 316 g/mol. The molecule has 1 aromatic rings. The maximum Gasteiger partial charge on any atom is 0.332 e. The summed E-state index contributed by atoms with van der Waals surface area (Å²) in [4.78, 5) is 34.6. The number of nitro groups is 1. The molecular weight excluding hydrogens is 296 g/mol. The number of carbonyl (C=O) groups excluding carboxylic acids is 1. The molecule has 122 valence electrons. The van der Waals surface area contributed by atoms with Crippen LogP contribution >= 0.6 is 0 Å². The van der Waals surface area contributed by atoms with Gasteiger partial charge in [-0.15, -0.1) is 0 Å². The Kier molecular flexibility index (Phi) is 3.18. The van der Waals surface area contributed by atoms with E-state index in [2.05, 4.69) is 0 Å². The van der Waals surface area contributed by atoms with Crippen molar-refractivity contribution in [1.29, 1.82) is 0 Å². The Morgan fingerprint density at radius 3 is 2.30 bits per heavy atom. The Labute approximate surface area is 133 Å². The Bertz CT molecular complexity index is 701. The summed E-state index contributed by atoms with van der Waals surface area (Å²) < 4.78 is 1.50. The van der Waals surface area contributed by atoms with Crippen LogP contribution in [0.3, 0.4) is 0 Å². The summed E-state index contributed by atoms with van der Waals surface area (Å²) in [5.41, 5.74) is -1.30. The van der Waals surface area contributed by atoms with Crippen molar-refractivity contribution in [3.63, 3.8) is 0 Å². The SMILES string of the molecule is O=C(Cn1ccc(=O)c([N+](=O)[O-])c1)C12CC3CC(CC(C3)C1)C2. The van der Waals surface area contributed by atoms with Crippen molar-refractivity contribution in [2.24, 2.45) is 23.2 Å². The number of nitrogens with zero attached hydrogens (tertiary/aromatic N) is 2. The van der Waals surface area contributed by atoms with Crippen LogP contribution in [0, 0.1) is 33.3 Å². The Hall–Kier alpha value is -1.98. The molecule has 0 radical (unpaired) electrons. The Morgan fingerprint density at radius 1 is 1.22 bits per heavy atom. The molecule has 0 spiro atoms. The Morgan fingerprint density at radius 2 is 1.78 bits per heavy atom. The highest BCUT2D eigenvalue weighted by molar-refractivity contribution is 5.85. The zero-order chi connectivity index (χ0) is 16.2. The van der Waals surface area contributed by atoms with Gasteiger partial charge in [-0.05, 0) is 56.3 Å². The van der Waals surface area contributed by atoms with Crippen LogP contribution < -0.4 is 5.43 Å². The minimum atomic E-state index is -0.686. The number of pyridine rings is 1. The molecule has 6 heteroatoms. The molecule has 23 heavy (non-hydrogen) atoms. The van der Waals surface area contributed by atoms with Crippen LogP contribution in [0.5, 0.6) is 0 Å². The van der Waals surface area contributed by atoms with E-state index in [0.717, 1.165) is 19.3 Å². The molecule has 0 aromatic carbocycles. The Balaban J connectivity index is 1.58. The van der Waals surface area contributed by atoms with Gasteiger partial charge in [-0.25, -0.2) is 0 Å². The van der Waals surface area contributed by atoms with Gasteiger partial charge < -0.3 is 4.57 Å². The van der Waals surface area contributed by atoms with E-state index >= 15 is 0 Å². The first-order chi connectivity index (χ1) is 10.9. The highest BCUT2D eigenvalue weighted by atomic mass is 16.6. The van der Waals surface area contributed by atoms with Gasteiger partial charge in [0, 0.05) is 17.7 Å². The van der Waals surface area contributed by atoms with Crippen LogP contribution in [0.2, 0.25) is 0 Å². The van der Waals surface area contributed by atoms with Crippen molar-refractivity contribution in [2.45, 2.75) is 45.1 Å². The van der Waals surface area contributed by atoms with Gasteiger partial charge in [-0.3, -0.25) is 19.7 Å². The van der Waals surface area contributed by atoms with E-state index in [1.807, 2.05) is 0 Å². The first-order valence-corrected chi connectivity index (χ1v) is 8.33. The van der Waals surface area contributed by atoms with Gasteiger partial charge >= 0.3 is 5.69 Å². The predicted octanol–water partition coefficient (Wildman–Crippen LogP) is 2.54. The lowest BCUT2D eigenvalue weighted by Gasteiger charge is -2.56. The van der Waals surface area contributed by atoms with Gasteiger partial charge in [0.15, 0.2) is 5.78 Å². The molecule has 0 saturated heterocycles. The molecule has 0 unspecified atom stereocenters. The van der Waals surface area contributed by atoms with Gasteiger partial charge in [0.05, 0.1) is 17.7 Å². The van der Waals surface area contributed by atoms with Crippen molar-refractivity contribution in [2.75, 3.05) is 0 Å². The number of aromatic nitrogens is 1. The zero-order valence-corrected chi connectivity index (χ0v) is 12.9. The summed E-state index contributed by atoms with van der Waals surface area (Å²) in [6.07, 6.45) is 9.46. The first kappa shape index (κ1) is 14.6. The summed E-state index contributed by atoms with van der Waals surface area (Å²) in [5.74, 6) is 2.25. The molecule has 6 nitrogen and oxygen atoms in total. The molecule has 4 bridgehead atoms. The van der Waals surface area contributed by atoms with Crippen LogP contribution in [0.4, 0.5) is 5.69 Å². The van der Waals surface area contributed by atoms with Gasteiger partial charge in [-0.2, -0.15) is 0 Å². The molecule has 0 atom stereocenters. The third kappa shape index (κ3) is 2.40. The minimum absolute atomic E-state index is 0.132. The zero-order valence-electron chi connectivity index (χ0n) is 12.9. The van der Waals surface area contributed by atoms with Crippen molar-refractivity contribution < 1.29 is 9.72 Å². The average Bonchev–Trinajstić information content (AvgIpc) is 2.47. The second-order valence-electron chi connectivity index (χ2n) is 7.74.